The van der Waals surface area contributed by atoms with Gasteiger partial charge in [0, 0.05) is 0 Å². The Morgan fingerprint density at radius 3 is 2.50 bits per heavy atom. The van der Waals surface area contributed by atoms with Crippen LogP contribution < -0.4 is 10.1 Å². The Morgan fingerprint density at radius 1 is 1.25 bits per heavy atom. The van der Waals surface area contributed by atoms with Crippen LogP contribution in [0.1, 0.15) is 28.8 Å². The minimum atomic E-state index is -1.09. The van der Waals surface area contributed by atoms with Gasteiger partial charge in [0.2, 0.25) is 5.76 Å². The van der Waals surface area contributed by atoms with Crippen LogP contribution in [0, 0.1) is 7.14 Å². The molecule has 2 aromatic rings. The molecule has 1 aliphatic rings. The topological polar surface area (TPSA) is 135 Å². The van der Waals surface area contributed by atoms with Gasteiger partial charge in [-0.3, -0.25) is 9.69 Å². The molecule has 168 valence electrons. The number of rotatable bonds is 7. The van der Waals surface area contributed by atoms with E-state index in [9.17, 15) is 19.2 Å². The number of ether oxygens (including phenoxy) is 2. The first kappa shape index (κ1) is 24.0. The Hall–Kier alpha value is -2.62. The molecule has 10 nitrogen and oxygen atoms in total. The third-order valence-electron chi connectivity index (χ3n) is 4.30. The normalized spacial score (nSPS) is 15.6. The van der Waals surface area contributed by atoms with Crippen molar-refractivity contribution in [3.8, 4) is 5.75 Å². The van der Waals surface area contributed by atoms with E-state index < -0.39 is 30.0 Å². The average molecular weight is 666 g/mol. The lowest BCUT2D eigenvalue weighted by Crippen LogP contribution is -2.30. The Labute approximate surface area is 209 Å². The van der Waals surface area contributed by atoms with Gasteiger partial charge in [0.1, 0.15) is 17.2 Å². The van der Waals surface area contributed by atoms with E-state index in [1.807, 2.05) is 45.2 Å². The van der Waals surface area contributed by atoms with Gasteiger partial charge in [-0.15, -0.1) is 0 Å². The number of carboxylic acids is 1. The lowest BCUT2D eigenvalue weighted by Gasteiger charge is -2.14. The van der Waals surface area contributed by atoms with E-state index in [-0.39, 0.29) is 23.8 Å². The molecule has 1 aromatic heterocycles. The fourth-order valence-electron chi connectivity index (χ4n) is 2.71. The minimum absolute atomic E-state index is 0.0333. The maximum Gasteiger partial charge on any atom is 0.373 e. The SMILES string of the molecule is COC(=O)c1ccc(CN2C(=O)N/C(=C\c3cc(I)c(O[C@H](C)C(=O)O)c(I)c3)C2=O)o1. The number of imide groups is 1. The van der Waals surface area contributed by atoms with E-state index in [1.54, 1.807) is 12.1 Å². The number of carbonyl (C=O) groups is 4. The van der Waals surface area contributed by atoms with Gasteiger partial charge in [0.25, 0.3) is 5.91 Å². The number of esters is 1. The fraction of sp³-hybridized carbons (Fsp3) is 0.200. The van der Waals surface area contributed by atoms with E-state index in [0.29, 0.717) is 18.5 Å². The van der Waals surface area contributed by atoms with Crippen molar-refractivity contribution >= 4 is 75.1 Å². The summed E-state index contributed by atoms with van der Waals surface area (Å²) in [5.41, 5.74) is 0.680. The van der Waals surface area contributed by atoms with Gasteiger partial charge in [0.15, 0.2) is 6.10 Å². The molecule has 0 bridgehead atoms. The quantitative estimate of drug-likeness (QED) is 0.199. The smallest absolute Gasteiger partial charge is 0.373 e. The van der Waals surface area contributed by atoms with E-state index in [0.717, 1.165) is 4.90 Å². The van der Waals surface area contributed by atoms with Crippen LogP contribution in [0.2, 0.25) is 0 Å². The monoisotopic (exact) mass is 666 g/mol. The highest BCUT2D eigenvalue weighted by Gasteiger charge is 2.34. The first-order chi connectivity index (χ1) is 15.1. The van der Waals surface area contributed by atoms with Crippen molar-refractivity contribution in [3.05, 3.63) is 54.2 Å². The molecule has 0 unspecified atom stereocenters. The molecule has 1 fully saturated rings. The van der Waals surface area contributed by atoms with Crippen LogP contribution in [0.5, 0.6) is 5.75 Å². The Bertz CT molecular complexity index is 1120. The van der Waals surface area contributed by atoms with Gasteiger partial charge in [-0.2, -0.15) is 0 Å². The summed E-state index contributed by atoms with van der Waals surface area (Å²) in [6, 6.07) is 5.66. The molecular formula is C20H16I2N2O8. The lowest BCUT2D eigenvalue weighted by molar-refractivity contribution is -0.144. The zero-order valence-corrected chi connectivity index (χ0v) is 21.0. The van der Waals surface area contributed by atoms with Crippen LogP contribution in [0.25, 0.3) is 6.08 Å². The Morgan fingerprint density at radius 2 is 1.91 bits per heavy atom. The molecule has 0 radical (unpaired) electrons. The van der Waals surface area contributed by atoms with Crippen LogP contribution in [-0.2, 0) is 20.9 Å². The highest BCUT2D eigenvalue weighted by Crippen LogP contribution is 2.31. The summed E-state index contributed by atoms with van der Waals surface area (Å²) in [4.78, 5) is 48.5. The molecule has 0 saturated carbocycles. The fourth-order valence-corrected chi connectivity index (χ4v) is 4.78. The van der Waals surface area contributed by atoms with Crippen LogP contribution in [0.4, 0.5) is 4.79 Å². The summed E-state index contributed by atoms with van der Waals surface area (Å²) in [5.74, 6) is -1.68. The number of carbonyl (C=O) groups excluding carboxylic acids is 3. The number of benzene rings is 1. The van der Waals surface area contributed by atoms with Gasteiger partial charge in [-0.1, -0.05) is 0 Å². The predicted molar refractivity (Wildman–Crippen MR) is 127 cm³/mol. The van der Waals surface area contributed by atoms with Gasteiger partial charge in [0.05, 0.1) is 20.8 Å². The summed E-state index contributed by atoms with van der Waals surface area (Å²) in [6.07, 6.45) is 0.489. The molecule has 12 heteroatoms. The number of nitrogens with zero attached hydrogens (tertiary/aromatic N) is 1. The number of urea groups is 1. The minimum Gasteiger partial charge on any atom is -0.479 e. The molecule has 1 aliphatic heterocycles. The predicted octanol–water partition coefficient (Wildman–Crippen LogP) is 3.22. The van der Waals surface area contributed by atoms with Gasteiger partial charge in [-0.25, -0.2) is 14.4 Å². The van der Waals surface area contributed by atoms with E-state index >= 15 is 0 Å². The number of aliphatic carboxylic acids is 1. The molecule has 32 heavy (non-hydrogen) atoms. The van der Waals surface area contributed by atoms with Crippen molar-refractivity contribution in [1.29, 1.82) is 0 Å². The highest BCUT2D eigenvalue weighted by atomic mass is 127. The Balaban J connectivity index is 1.79. The second-order valence-corrected chi connectivity index (χ2v) is 8.87. The average Bonchev–Trinajstić information content (AvgIpc) is 3.30. The zero-order valence-electron chi connectivity index (χ0n) is 16.7. The van der Waals surface area contributed by atoms with Crippen molar-refractivity contribution in [3.63, 3.8) is 0 Å². The molecule has 1 atom stereocenters. The number of amides is 3. The van der Waals surface area contributed by atoms with Crippen LogP contribution in [-0.4, -0.2) is 47.1 Å². The summed E-state index contributed by atoms with van der Waals surface area (Å²) >= 11 is 4.02. The number of hydrogen-bond donors (Lipinski definition) is 2. The first-order valence-corrected chi connectivity index (χ1v) is 11.2. The largest absolute Gasteiger partial charge is 0.479 e. The van der Waals surface area contributed by atoms with Gasteiger partial charge < -0.3 is 24.3 Å². The maximum absolute atomic E-state index is 12.7. The standard InChI is InChI=1S/C20H16I2N2O8/c1-9(18(26)27)31-16-12(21)5-10(6-13(16)22)7-14-17(25)24(20(29)23-14)8-11-3-4-15(32-11)19(28)30-2/h3-7,9H,8H2,1-2H3,(H,23,29)(H,26,27)/b14-7-/t9-/m1/s1. The molecule has 1 saturated heterocycles. The second-order valence-electron chi connectivity index (χ2n) is 6.55. The van der Waals surface area contributed by atoms with Crippen LogP contribution in [0.3, 0.4) is 0 Å². The second kappa shape index (κ2) is 9.89. The van der Waals surface area contributed by atoms with Crippen molar-refractivity contribution in [2.45, 2.75) is 19.6 Å². The van der Waals surface area contributed by atoms with Gasteiger partial charge in [-0.05, 0) is 88.0 Å². The molecule has 0 aliphatic carbocycles. The molecular weight excluding hydrogens is 650 g/mol. The molecule has 3 amide bonds. The third kappa shape index (κ3) is 5.23. The van der Waals surface area contributed by atoms with Crippen molar-refractivity contribution in [1.82, 2.24) is 10.2 Å². The number of nitrogens with one attached hydrogen (secondary N) is 1. The van der Waals surface area contributed by atoms with E-state index in [1.165, 1.54) is 32.2 Å². The summed E-state index contributed by atoms with van der Waals surface area (Å²) in [6.45, 7) is 1.27. The van der Waals surface area contributed by atoms with Crippen LogP contribution in [0.15, 0.2) is 34.4 Å². The number of hydrogen-bond acceptors (Lipinski definition) is 7. The first-order valence-electron chi connectivity index (χ1n) is 9.00. The summed E-state index contributed by atoms with van der Waals surface area (Å²) < 4.78 is 16.7. The van der Waals surface area contributed by atoms with Crippen molar-refractivity contribution in [2.75, 3.05) is 7.11 Å². The third-order valence-corrected chi connectivity index (χ3v) is 5.90. The summed E-state index contributed by atoms with van der Waals surface area (Å²) in [7, 11) is 1.22. The van der Waals surface area contributed by atoms with Gasteiger partial charge >= 0.3 is 18.0 Å². The van der Waals surface area contributed by atoms with E-state index in [2.05, 4.69) is 10.1 Å². The van der Waals surface area contributed by atoms with Crippen molar-refractivity contribution < 1.29 is 38.2 Å². The maximum atomic E-state index is 12.7. The lowest BCUT2D eigenvalue weighted by atomic mass is 10.2. The van der Waals surface area contributed by atoms with Crippen LogP contribution >= 0.6 is 45.2 Å². The van der Waals surface area contributed by atoms with Crippen molar-refractivity contribution in [2.24, 2.45) is 0 Å². The molecule has 0 spiro atoms. The highest BCUT2D eigenvalue weighted by molar-refractivity contribution is 14.1. The number of halogens is 2. The summed E-state index contributed by atoms with van der Waals surface area (Å²) in [5, 5.41) is 11.6. The Kier molecular flexibility index (Phi) is 7.43. The molecule has 3 rings (SSSR count). The number of methoxy groups -OCH3 is 1. The molecule has 2 N–H and O–H groups in total. The molecule has 1 aromatic carbocycles. The number of furan rings is 1. The van der Waals surface area contributed by atoms with E-state index in [4.69, 9.17) is 14.3 Å². The zero-order chi connectivity index (χ0) is 23.6. The molecule has 2 heterocycles. The number of carboxylic acid groups (broad SMARTS) is 1.